The van der Waals surface area contributed by atoms with Crippen molar-refractivity contribution < 1.29 is 9.53 Å². The summed E-state index contributed by atoms with van der Waals surface area (Å²) < 4.78 is 5.17. The van der Waals surface area contributed by atoms with Crippen molar-refractivity contribution in [1.29, 1.82) is 5.26 Å². The average Bonchev–Trinajstić information content (AvgIpc) is 2.86. The lowest BCUT2D eigenvalue weighted by molar-refractivity contribution is -0.146. The van der Waals surface area contributed by atoms with Crippen molar-refractivity contribution in [3.63, 3.8) is 0 Å². The Balaban J connectivity index is 2.32. The second-order valence-electron chi connectivity index (χ2n) is 4.41. The van der Waals surface area contributed by atoms with Crippen LogP contribution in [0.1, 0.15) is 25.8 Å². The van der Waals surface area contributed by atoms with Gasteiger partial charge in [0.25, 0.3) is 0 Å². The highest BCUT2D eigenvalue weighted by Crippen LogP contribution is 2.59. The Morgan fingerprint density at radius 3 is 2.56 bits per heavy atom. The molecule has 0 amide bonds. The molecule has 0 bridgehead atoms. The van der Waals surface area contributed by atoms with Crippen molar-refractivity contribution in [3.05, 3.63) is 35.9 Å². The van der Waals surface area contributed by atoms with Crippen LogP contribution in [0.4, 0.5) is 0 Å². The average molecular weight is 215 g/mol. The van der Waals surface area contributed by atoms with Crippen molar-refractivity contribution in [3.8, 4) is 6.07 Å². The minimum atomic E-state index is -0.972. The number of nitrogens with zero attached hydrogens (tertiary/aromatic N) is 1. The molecule has 1 aromatic rings. The van der Waals surface area contributed by atoms with Gasteiger partial charge in [0, 0.05) is 13.3 Å². The van der Waals surface area contributed by atoms with E-state index in [0.717, 1.165) is 5.56 Å². The van der Waals surface area contributed by atoms with E-state index in [1.165, 1.54) is 6.92 Å². The van der Waals surface area contributed by atoms with Gasteiger partial charge in [0.05, 0.1) is 5.41 Å². The van der Waals surface area contributed by atoms with Crippen LogP contribution in [0.15, 0.2) is 30.3 Å². The quantitative estimate of drug-likeness (QED) is 0.710. The number of carbonyl (C=O) groups is 1. The Morgan fingerprint density at radius 1 is 1.44 bits per heavy atom. The van der Waals surface area contributed by atoms with E-state index in [9.17, 15) is 10.1 Å². The molecule has 82 valence electrons. The summed E-state index contributed by atoms with van der Waals surface area (Å²) in [5, 5.41) is 9.18. The van der Waals surface area contributed by atoms with E-state index in [4.69, 9.17) is 4.74 Å². The zero-order chi connectivity index (χ0) is 11.8. The molecule has 16 heavy (non-hydrogen) atoms. The van der Waals surface area contributed by atoms with Crippen LogP contribution < -0.4 is 0 Å². The molecule has 1 aliphatic carbocycles. The van der Waals surface area contributed by atoms with Gasteiger partial charge in [-0.05, 0) is 5.56 Å². The summed E-state index contributed by atoms with van der Waals surface area (Å²) in [5.74, 6) is -0.402. The summed E-state index contributed by atoms with van der Waals surface area (Å²) in [6.45, 7) is 3.29. The van der Waals surface area contributed by atoms with Crippen LogP contribution in [0, 0.1) is 11.3 Å². The fourth-order valence-electron chi connectivity index (χ4n) is 2.17. The van der Waals surface area contributed by atoms with Crippen LogP contribution in [-0.2, 0) is 14.9 Å². The second-order valence-corrected chi connectivity index (χ2v) is 4.41. The first-order chi connectivity index (χ1) is 7.54. The fourth-order valence-corrected chi connectivity index (χ4v) is 2.17. The molecule has 0 saturated heterocycles. The third kappa shape index (κ3) is 1.38. The molecule has 3 nitrogen and oxygen atoms in total. The topological polar surface area (TPSA) is 50.1 Å². The van der Waals surface area contributed by atoms with E-state index in [1.807, 2.05) is 37.3 Å². The molecule has 0 radical (unpaired) electrons. The highest BCUT2D eigenvalue weighted by molar-refractivity contribution is 5.68. The van der Waals surface area contributed by atoms with E-state index in [2.05, 4.69) is 6.07 Å². The predicted octanol–water partition coefficient (Wildman–Crippen LogP) is 2.17. The second kappa shape index (κ2) is 3.34. The highest BCUT2D eigenvalue weighted by atomic mass is 16.6. The lowest BCUT2D eigenvalue weighted by atomic mass is 9.94. The number of benzene rings is 1. The van der Waals surface area contributed by atoms with E-state index < -0.39 is 11.6 Å². The monoisotopic (exact) mass is 215 g/mol. The Bertz CT molecular complexity index is 463. The third-order valence-electron chi connectivity index (χ3n) is 3.28. The number of hydrogen-bond acceptors (Lipinski definition) is 3. The zero-order valence-electron chi connectivity index (χ0n) is 9.36. The molecule has 1 fully saturated rings. The van der Waals surface area contributed by atoms with Crippen LogP contribution in [0.3, 0.4) is 0 Å². The van der Waals surface area contributed by atoms with Crippen molar-refractivity contribution in [2.75, 3.05) is 0 Å². The van der Waals surface area contributed by atoms with Gasteiger partial charge in [-0.25, -0.2) is 0 Å². The lowest BCUT2D eigenvalue weighted by Gasteiger charge is -2.16. The summed E-state index contributed by atoms with van der Waals surface area (Å²) >= 11 is 0. The van der Waals surface area contributed by atoms with E-state index in [-0.39, 0.29) is 5.41 Å². The summed E-state index contributed by atoms with van der Waals surface area (Å²) in [4.78, 5) is 11.0. The van der Waals surface area contributed by atoms with E-state index in [1.54, 1.807) is 0 Å². The van der Waals surface area contributed by atoms with Gasteiger partial charge in [-0.1, -0.05) is 37.3 Å². The Labute approximate surface area is 94.6 Å². The maximum Gasteiger partial charge on any atom is 0.304 e. The van der Waals surface area contributed by atoms with Gasteiger partial charge in [0.2, 0.25) is 5.60 Å². The normalized spacial score (nSPS) is 31.6. The summed E-state index contributed by atoms with van der Waals surface area (Å²) in [6, 6.07) is 11.8. The highest BCUT2D eigenvalue weighted by Gasteiger charge is 2.69. The van der Waals surface area contributed by atoms with Gasteiger partial charge in [0.15, 0.2) is 0 Å². The minimum absolute atomic E-state index is 0.366. The van der Waals surface area contributed by atoms with Crippen LogP contribution in [0.2, 0.25) is 0 Å². The predicted molar refractivity (Wildman–Crippen MR) is 58.5 cm³/mol. The van der Waals surface area contributed by atoms with E-state index >= 15 is 0 Å². The Hall–Kier alpha value is -1.82. The maximum absolute atomic E-state index is 11.0. The SMILES string of the molecule is CC(=O)OC1(C#N)C[C@]1(C)c1ccccc1. The molecule has 2 atom stereocenters. The first-order valence-electron chi connectivity index (χ1n) is 5.20. The first kappa shape index (κ1) is 10.7. The lowest BCUT2D eigenvalue weighted by Crippen LogP contribution is -2.25. The number of ether oxygens (including phenoxy) is 1. The van der Waals surface area contributed by atoms with Crippen LogP contribution >= 0.6 is 0 Å². The first-order valence-corrected chi connectivity index (χ1v) is 5.20. The van der Waals surface area contributed by atoms with Crippen molar-refractivity contribution in [1.82, 2.24) is 0 Å². The molecule has 1 saturated carbocycles. The molecule has 0 spiro atoms. The van der Waals surface area contributed by atoms with Gasteiger partial charge >= 0.3 is 5.97 Å². The van der Waals surface area contributed by atoms with Gasteiger partial charge in [0.1, 0.15) is 6.07 Å². The molecule has 0 aliphatic heterocycles. The summed E-state index contributed by atoms with van der Waals surface area (Å²) in [7, 11) is 0. The Kier molecular flexibility index (Phi) is 2.23. The van der Waals surface area contributed by atoms with Gasteiger partial charge in [-0.3, -0.25) is 4.79 Å². The molecule has 1 aromatic carbocycles. The van der Waals surface area contributed by atoms with E-state index in [0.29, 0.717) is 6.42 Å². The van der Waals surface area contributed by atoms with Crippen LogP contribution in [0.5, 0.6) is 0 Å². The van der Waals surface area contributed by atoms with Gasteiger partial charge in [-0.15, -0.1) is 0 Å². The number of nitriles is 1. The molecule has 0 N–H and O–H groups in total. The molecule has 1 aliphatic rings. The number of rotatable bonds is 2. The van der Waals surface area contributed by atoms with Crippen molar-refractivity contribution >= 4 is 5.97 Å². The smallest absolute Gasteiger partial charge is 0.304 e. The van der Waals surface area contributed by atoms with Crippen LogP contribution in [-0.4, -0.2) is 11.6 Å². The molecule has 2 rings (SSSR count). The van der Waals surface area contributed by atoms with Gasteiger partial charge < -0.3 is 4.74 Å². The largest absolute Gasteiger partial charge is 0.443 e. The Morgan fingerprint density at radius 2 is 2.06 bits per heavy atom. The van der Waals surface area contributed by atoms with Crippen molar-refractivity contribution in [2.45, 2.75) is 31.3 Å². The van der Waals surface area contributed by atoms with Gasteiger partial charge in [-0.2, -0.15) is 5.26 Å². The summed E-state index contributed by atoms with van der Waals surface area (Å²) in [6.07, 6.45) is 0.570. The number of carbonyl (C=O) groups excluding carboxylic acids is 1. The number of esters is 1. The summed E-state index contributed by atoms with van der Waals surface area (Å²) in [5.41, 5.74) is -0.299. The maximum atomic E-state index is 11.0. The molecule has 1 unspecified atom stereocenters. The molecular formula is C13H13NO2. The fraction of sp³-hybridized carbons (Fsp3) is 0.385. The standard InChI is InChI=1S/C13H13NO2/c1-10(15)16-13(9-14)8-12(13,2)11-6-4-3-5-7-11/h3-7H,8H2,1-2H3/t12-,13?/m1/s1. The van der Waals surface area contributed by atoms with Crippen molar-refractivity contribution in [2.24, 2.45) is 0 Å². The molecule has 3 heteroatoms. The van der Waals surface area contributed by atoms with Crippen LogP contribution in [0.25, 0.3) is 0 Å². The molecular weight excluding hydrogens is 202 g/mol. The number of hydrogen-bond donors (Lipinski definition) is 0. The molecule has 0 heterocycles. The zero-order valence-corrected chi connectivity index (χ0v) is 9.36. The minimum Gasteiger partial charge on any atom is -0.443 e. The molecule has 0 aromatic heterocycles. The third-order valence-corrected chi connectivity index (χ3v) is 3.28.